The van der Waals surface area contributed by atoms with Crippen molar-refractivity contribution in [2.75, 3.05) is 38.3 Å². The van der Waals surface area contributed by atoms with Gasteiger partial charge in [-0.1, -0.05) is 6.42 Å². The van der Waals surface area contributed by atoms with Crippen LogP contribution in [0.25, 0.3) is 0 Å². The second-order valence-corrected chi connectivity index (χ2v) is 13.9. The zero-order valence-corrected chi connectivity index (χ0v) is 22.5. The minimum Gasteiger partial charge on any atom is -0.324 e. The highest BCUT2D eigenvalue weighted by Crippen LogP contribution is 2.85. The number of amides is 1. The van der Waals surface area contributed by atoms with Crippen LogP contribution in [0.2, 0.25) is 0 Å². The number of nitrogens with zero attached hydrogens (tertiary/aromatic N) is 1. The molecule has 1 aromatic rings. The van der Waals surface area contributed by atoms with Gasteiger partial charge in [0.25, 0.3) is 0 Å². The van der Waals surface area contributed by atoms with Crippen molar-refractivity contribution in [2.45, 2.75) is 69.9 Å². The monoisotopic (exact) mass is 532 g/mol. The first-order valence-corrected chi connectivity index (χ1v) is 15.4. The lowest BCUT2D eigenvalue weighted by Crippen LogP contribution is -2.53. The molecule has 1 spiro atoms. The lowest BCUT2D eigenvalue weighted by molar-refractivity contribution is -0.127. The quantitative estimate of drug-likeness (QED) is 0.397. The van der Waals surface area contributed by atoms with Gasteiger partial charge in [0.1, 0.15) is 11.4 Å². The second kappa shape index (κ2) is 9.97. The number of hydrogen-bond acceptors (Lipinski definition) is 8. The number of carbonyl (C=O) groups is 1. The van der Waals surface area contributed by atoms with Crippen LogP contribution < -0.4 is 5.32 Å². The van der Waals surface area contributed by atoms with Gasteiger partial charge >= 0.3 is 15.2 Å². The zero-order valence-electron chi connectivity index (χ0n) is 20.8. The lowest BCUT2D eigenvalue weighted by atomic mass is 9.88. The molecule has 35 heavy (non-hydrogen) atoms. The number of benzene rings is 1. The van der Waals surface area contributed by atoms with Gasteiger partial charge in [-0.2, -0.15) is 0 Å². The largest absolute Gasteiger partial charge is 0.350 e. The van der Waals surface area contributed by atoms with Crippen LogP contribution >= 0.6 is 15.2 Å². The van der Waals surface area contributed by atoms with Gasteiger partial charge in [0, 0.05) is 23.7 Å². The van der Waals surface area contributed by atoms with Crippen LogP contribution in [0.1, 0.15) is 58.9 Å². The highest BCUT2D eigenvalue weighted by molar-refractivity contribution is 7.74. The maximum atomic E-state index is 14.8. The van der Waals surface area contributed by atoms with Gasteiger partial charge in [0.05, 0.1) is 26.4 Å². The van der Waals surface area contributed by atoms with Crippen LogP contribution in [0.3, 0.4) is 0 Å². The molecule has 1 aromatic carbocycles. The molecular formula is C23H35FN2O7P2. The lowest BCUT2D eigenvalue weighted by Gasteiger charge is -2.46. The number of hydrogen-bond donors (Lipinski definition) is 1. The molecule has 3 heterocycles. The van der Waals surface area contributed by atoms with E-state index in [9.17, 15) is 18.3 Å². The van der Waals surface area contributed by atoms with Gasteiger partial charge in [0.15, 0.2) is 4.90 Å². The Morgan fingerprint density at radius 3 is 2.11 bits per heavy atom. The summed E-state index contributed by atoms with van der Waals surface area (Å²) >= 11 is 0. The van der Waals surface area contributed by atoms with E-state index in [1.54, 1.807) is 27.7 Å². The molecule has 9 nitrogen and oxygen atoms in total. The SMILES string of the molecule is CCOP(=O)(OCC)C1(P(=O)(OCC)OCC)CC2(C(=O)Nc3ccc(F)cc32)N2CCCCC21. The van der Waals surface area contributed by atoms with Crippen molar-refractivity contribution >= 4 is 26.8 Å². The molecule has 3 aliphatic heterocycles. The summed E-state index contributed by atoms with van der Waals surface area (Å²) in [5.41, 5.74) is -0.520. The van der Waals surface area contributed by atoms with Crippen LogP contribution in [0.15, 0.2) is 18.2 Å². The average Bonchev–Trinajstić information content (AvgIpc) is 3.29. The van der Waals surface area contributed by atoms with Crippen LogP contribution in [-0.4, -0.2) is 54.7 Å². The van der Waals surface area contributed by atoms with E-state index >= 15 is 0 Å². The normalized spacial score (nSPS) is 26.1. The summed E-state index contributed by atoms with van der Waals surface area (Å²) in [6, 6.07) is 3.45. The summed E-state index contributed by atoms with van der Waals surface area (Å²) in [5.74, 6) is -0.882. The first kappa shape index (κ1) is 26.9. The molecule has 0 aliphatic carbocycles. The Morgan fingerprint density at radius 2 is 1.57 bits per heavy atom. The van der Waals surface area contributed by atoms with Crippen LogP contribution in [0.4, 0.5) is 10.1 Å². The van der Waals surface area contributed by atoms with Crippen molar-refractivity contribution in [1.82, 2.24) is 4.90 Å². The standard InChI is InChI=1S/C23H35FN2O7P2/c1-5-30-34(28,31-6-2)23(35(29,32-7-3)33-8-4)16-22(26-14-10-9-11-20(23)26)18-15-17(24)12-13-19(18)25-21(22)27/h12-13,15,20H,5-11,14,16H2,1-4H3,(H,25,27). The molecule has 1 amide bonds. The maximum absolute atomic E-state index is 14.8. The van der Waals surface area contributed by atoms with E-state index in [1.165, 1.54) is 18.2 Å². The third-order valence-electron chi connectivity index (χ3n) is 7.24. The van der Waals surface area contributed by atoms with Crippen molar-refractivity contribution in [3.05, 3.63) is 29.6 Å². The van der Waals surface area contributed by atoms with Gasteiger partial charge in [-0.05, 0) is 65.3 Å². The summed E-state index contributed by atoms with van der Waals surface area (Å²) in [7, 11) is -8.45. The maximum Gasteiger partial charge on any atom is 0.350 e. The third-order valence-corrected chi connectivity index (χ3v) is 13.9. The summed E-state index contributed by atoms with van der Waals surface area (Å²) < 4.78 is 67.6. The molecule has 3 aliphatic rings. The fraction of sp³-hybridized carbons (Fsp3) is 0.696. The molecule has 0 aromatic heterocycles. The molecule has 2 fully saturated rings. The number of nitrogens with one attached hydrogen (secondary N) is 1. The summed E-state index contributed by atoms with van der Waals surface area (Å²) in [4.78, 5) is 13.9. The van der Waals surface area contributed by atoms with E-state index in [0.29, 0.717) is 24.2 Å². The second-order valence-electron chi connectivity index (χ2n) is 8.93. The Labute approximate surface area is 206 Å². The van der Waals surface area contributed by atoms with Crippen LogP contribution in [-0.2, 0) is 37.6 Å². The average molecular weight is 532 g/mol. The number of carbonyl (C=O) groups excluding carboxylic acids is 1. The molecular weight excluding hydrogens is 497 g/mol. The number of halogens is 1. The molecule has 2 unspecified atom stereocenters. The summed E-state index contributed by atoms with van der Waals surface area (Å²) in [6.45, 7) is 7.34. The molecule has 2 atom stereocenters. The molecule has 1 N–H and O–H groups in total. The number of rotatable bonds is 10. The van der Waals surface area contributed by atoms with Crippen LogP contribution in [0.5, 0.6) is 0 Å². The fourth-order valence-electron chi connectivity index (χ4n) is 6.15. The first-order valence-electron chi connectivity index (χ1n) is 12.4. The minimum absolute atomic E-state index is 0.0361. The van der Waals surface area contributed by atoms with Gasteiger partial charge in [-0.3, -0.25) is 18.8 Å². The Morgan fingerprint density at radius 1 is 1.00 bits per heavy atom. The van der Waals surface area contributed by atoms with E-state index in [0.717, 1.165) is 12.8 Å². The van der Waals surface area contributed by atoms with E-state index in [-0.39, 0.29) is 38.8 Å². The first-order chi connectivity index (χ1) is 16.7. The van der Waals surface area contributed by atoms with Crippen molar-refractivity contribution in [3.8, 4) is 0 Å². The Balaban J connectivity index is 2.06. The van der Waals surface area contributed by atoms with Gasteiger partial charge in [-0.15, -0.1) is 0 Å². The smallest absolute Gasteiger partial charge is 0.324 e. The van der Waals surface area contributed by atoms with Crippen LogP contribution in [0, 0.1) is 5.82 Å². The van der Waals surface area contributed by atoms with Crippen molar-refractivity contribution in [2.24, 2.45) is 0 Å². The zero-order chi connectivity index (χ0) is 25.5. The molecule has 0 bridgehead atoms. The Bertz CT molecular complexity index is 1020. The predicted molar refractivity (Wildman–Crippen MR) is 130 cm³/mol. The van der Waals surface area contributed by atoms with E-state index in [1.807, 2.05) is 4.90 Å². The van der Waals surface area contributed by atoms with Crippen molar-refractivity contribution in [1.29, 1.82) is 0 Å². The van der Waals surface area contributed by atoms with E-state index in [4.69, 9.17) is 18.1 Å². The Hall–Kier alpha value is -1.12. The van der Waals surface area contributed by atoms with E-state index < -0.39 is 37.5 Å². The molecule has 196 valence electrons. The van der Waals surface area contributed by atoms with Gasteiger partial charge in [-0.25, -0.2) is 4.39 Å². The highest BCUT2D eigenvalue weighted by atomic mass is 31.2. The molecule has 12 heteroatoms. The highest BCUT2D eigenvalue weighted by Gasteiger charge is 2.80. The molecule has 2 saturated heterocycles. The number of anilines is 1. The molecule has 0 saturated carbocycles. The van der Waals surface area contributed by atoms with Gasteiger partial charge < -0.3 is 23.4 Å². The summed E-state index contributed by atoms with van der Waals surface area (Å²) in [6.07, 6.45) is 1.80. The Kier molecular flexibility index (Phi) is 7.67. The molecule has 0 radical (unpaired) electrons. The van der Waals surface area contributed by atoms with Gasteiger partial charge in [0.2, 0.25) is 5.91 Å². The van der Waals surface area contributed by atoms with E-state index in [2.05, 4.69) is 5.32 Å². The van der Waals surface area contributed by atoms with Crippen molar-refractivity contribution < 1.29 is 36.4 Å². The fourth-order valence-corrected chi connectivity index (χ4v) is 12.6. The predicted octanol–water partition coefficient (Wildman–Crippen LogP) is 5.46. The number of piperidine rings is 1. The topological polar surface area (TPSA) is 103 Å². The summed E-state index contributed by atoms with van der Waals surface area (Å²) in [5, 5.41) is 2.87. The van der Waals surface area contributed by atoms with Crippen molar-refractivity contribution in [3.63, 3.8) is 0 Å². The molecule has 4 rings (SSSR count). The minimum atomic E-state index is -4.23. The number of fused-ring (bicyclic) bond motifs is 4. The third kappa shape index (κ3) is 3.80.